The summed E-state index contributed by atoms with van der Waals surface area (Å²) in [6.45, 7) is 4.12. The van der Waals surface area contributed by atoms with Crippen LogP contribution in [0.25, 0.3) is 0 Å². The van der Waals surface area contributed by atoms with Crippen LogP contribution in [0.3, 0.4) is 0 Å². The van der Waals surface area contributed by atoms with Gasteiger partial charge in [0.2, 0.25) is 0 Å². The molecule has 3 rings (SSSR count). The van der Waals surface area contributed by atoms with Gasteiger partial charge in [0, 0.05) is 5.92 Å². The molecule has 2 saturated carbocycles. The van der Waals surface area contributed by atoms with Crippen LogP contribution in [0.4, 0.5) is 0 Å². The number of allylic oxidation sites excluding steroid dienone is 2. The molecule has 2 bridgehead atoms. The summed E-state index contributed by atoms with van der Waals surface area (Å²) >= 11 is 0. The van der Waals surface area contributed by atoms with E-state index in [0.29, 0.717) is 6.42 Å². The second-order valence-corrected chi connectivity index (χ2v) is 7.99. The number of unbranched alkanes of at least 4 members (excludes halogenated alkanes) is 2. The molecule has 5 nitrogen and oxygen atoms in total. The zero-order valence-electron chi connectivity index (χ0n) is 15.5. The topological polar surface area (TPSA) is 69.7 Å². The minimum Gasteiger partial charge on any atom is -0.469 e. The van der Waals surface area contributed by atoms with E-state index in [1.807, 2.05) is 6.92 Å². The summed E-state index contributed by atoms with van der Waals surface area (Å²) in [6, 6.07) is 0. The number of ether oxygens (including phenoxy) is 2. The van der Waals surface area contributed by atoms with Crippen LogP contribution < -0.4 is 0 Å². The maximum absolute atomic E-state index is 13.0. The Bertz CT molecular complexity index is 622. The van der Waals surface area contributed by atoms with Crippen molar-refractivity contribution in [3.63, 3.8) is 0 Å². The van der Waals surface area contributed by atoms with E-state index in [1.54, 1.807) is 0 Å². The average molecular weight is 348 g/mol. The van der Waals surface area contributed by atoms with Gasteiger partial charge in [-0.25, -0.2) is 0 Å². The summed E-state index contributed by atoms with van der Waals surface area (Å²) in [7, 11) is 2.70. The predicted molar refractivity (Wildman–Crippen MR) is 91.4 cm³/mol. The molecule has 0 radical (unpaired) electrons. The summed E-state index contributed by atoms with van der Waals surface area (Å²) in [6.07, 6.45) is 6.83. The van der Waals surface area contributed by atoms with E-state index in [9.17, 15) is 14.4 Å². The van der Waals surface area contributed by atoms with Crippen LogP contribution >= 0.6 is 0 Å². The Morgan fingerprint density at radius 3 is 2.48 bits per heavy atom. The Morgan fingerprint density at radius 1 is 1.20 bits per heavy atom. The molecule has 0 unspecified atom stereocenters. The molecular weight excluding hydrogens is 320 g/mol. The SMILES string of the molecule is CCCCCC1=C[C@@H]2[C@@H]3C[C@](C)([C@@H]2C1=O)[C@H](C(=O)OC)[C@@H]3C(=O)OC. The quantitative estimate of drug-likeness (QED) is 0.545. The van der Waals surface area contributed by atoms with Gasteiger partial charge >= 0.3 is 11.9 Å². The second kappa shape index (κ2) is 6.58. The van der Waals surface area contributed by atoms with E-state index in [4.69, 9.17) is 9.47 Å². The standard InChI is InChI=1S/C20H28O5/c1-5-6-7-8-11-9-12-13-10-20(2,15(12)17(11)21)16(19(23)25-4)14(13)18(22)24-3/h9,12-16H,5-8,10H2,1-4H3/t12-,13+,14-,15+,16+,20-/m1/s1. The van der Waals surface area contributed by atoms with Crippen molar-refractivity contribution in [1.82, 2.24) is 0 Å². The van der Waals surface area contributed by atoms with Crippen LogP contribution in [-0.4, -0.2) is 31.9 Å². The summed E-state index contributed by atoms with van der Waals surface area (Å²) in [5.41, 5.74) is 0.370. The molecule has 138 valence electrons. The van der Waals surface area contributed by atoms with Gasteiger partial charge in [-0.15, -0.1) is 0 Å². The molecule has 0 N–H and O–H groups in total. The van der Waals surface area contributed by atoms with E-state index in [0.717, 1.165) is 31.3 Å². The van der Waals surface area contributed by atoms with Crippen molar-refractivity contribution in [1.29, 1.82) is 0 Å². The predicted octanol–water partition coefficient (Wildman–Crippen LogP) is 2.93. The molecule has 3 aliphatic carbocycles. The second-order valence-electron chi connectivity index (χ2n) is 7.99. The van der Waals surface area contributed by atoms with Crippen molar-refractivity contribution in [3.8, 4) is 0 Å². The number of ketones is 1. The average Bonchev–Trinajstić information content (AvgIpc) is 3.19. The van der Waals surface area contributed by atoms with Crippen LogP contribution in [0, 0.1) is 35.0 Å². The first kappa shape index (κ1) is 18.2. The Kier molecular flexibility index (Phi) is 4.78. The maximum Gasteiger partial charge on any atom is 0.310 e. The molecule has 0 heterocycles. The number of hydrogen-bond acceptors (Lipinski definition) is 5. The fourth-order valence-electron chi connectivity index (χ4n) is 5.77. The number of hydrogen-bond donors (Lipinski definition) is 0. The molecule has 2 fully saturated rings. The molecule has 0 saturated heterocycles. The first-order chi connectivity index (χ1) is 11.9. The summed E-state index contributed by atoms with van der Waals surface area (Å²) < 4.78 is 9.98. The van der Waals surface area contributed by atoms with Crippen LogP contribution in [0.2, 0.25) is 0 Å². The molecule has 3 aliphatic rings. The number of esters is 2. The van der Waals surface area contributed by atoms with Crippen LogP contribution in [0.15, 0.2) is 11.6 Å². The molecule has 5 heteroatoms. The number of carbonyl (C=O) groups excluding carboxylic acids is 3. The van der Waals surface area contributed by atoms with Crippen LogP contribution in [0.5, 0.6) is 0 Å². The van der Waals surface area contributed by atoms with Gasteiger partial charge in [-0.05, 0) is 42.1 Å². The highest BCUT2D eigenvalue weighted by molar-refractivity contribution is 6.02. The lowest BCUT2D eigenvalue weighted by Gasteiger charge is -2.40. The molecule has 0 spiro atoms. The van der Waals surface area contributed by atoms with Crippen LogP contribution in [-0.2, 0) is 23.9 Å². The third-order valence-electron chi connectivity index (χ3n) is 6.77. The van der Waals surface area contributed by atoms with Gasteiger partial charge in [-0.1, -0.05) is 32.8 Å². The fourth-order valence-corrected chi connectivity index (χ4v) is 5.77. The minimum absolute atomic E-state index is 0.0147. The highest BCUT2D eigenvalue weighted by atomic mass is 16.5. The highest BCUT2D eigenvalue weighted by Gasteiger charge is 2.71. The Balaban J connectivity index is 1.92. The number of rotatable bonds is 6. The minimum atomic E-state index is -0.594. The first-order valence-electron chi connectivity index (χ1n) is 9.31. The summed E-state index contributed by atoms with van der Waals surface area (Å²) in [5, 5.41) is 0. The Hall–Kier alpha value is -1.65. The molecule has 0 aromatic carbocycles. The van der Waals surface area contributed by atoms with Crippen molar-refractivity contribution >= 4 is 17.7 Å². The molecule has 0 amide bonds. The Labute approximate surface area is 149 Å². The van der Waals surface area contributed by atoms with Crippen molar-refractivity contribution in [2.24, 2.45) is 35.0 Å². The summed E-state index contributed by atoms with van der Waals surface area (Å²) in [4.78, 5) is 37.9. The molecular formula is C20H28O5. The zero-order chi connectivity index (χ0) is 18.4. The van der Waals surface area contributed by atoms with E-state index in [-0.39, 0.29) is 29.5 Å². The lowest BCUT2D eigenvalue weighted by molar-refractivity contribution is -0.166. The van der Waals surface area contributed by atoms with Gasteiger partial charge in [-0.2, -0.15) is 0 Å². The van der Waals surface area contributed by atoms with E-state index in [1.165, 1.54) is 14.2 Å². The van der Waals surface area contributed by atoms with Crippen molar-refractivity contribution in [2.45, 2.75) is 46.0 Å². The molecule has 0 aromatic heterocycles. The van der Waals surface area contributed by atoms with Gasteiger partial charge in [0.25, 0.3) is 0 Å². The number of fused-ring (bicyclic) bond motifs is 5. The molecule has 0 aromatic rings. The largest absolute Gasteiger partial charge is 0.469 e. The number of methoxy groups -OCH3 is 2. The van der Waals surface area contributed by atoms with E-state index in [2.05, 4.69) is 13.0 Å². The third kappa shape index (κ3) is 2.54. The monoisotopic (exact) mass is 348 g/mol. The fraction of sp³-hybridized carbons (Fsp3) is 0.750. The zero-order valence-corrected chi connectivity index (χ0v) is 15.5. The molecule has 6 atom stereocenters. The third-order valence-corrected chi connectivity index (χ3v) is 6.77. The molecule has 0 aliphatic heterocycles. The smallest absolute Gasteiger partial charge is 0.310 e. The van der Waals surface area contributed by atoms with Gasteiger partial charge < -0.3 is 9.47 Å². The normalized spacial score (nSPS) is 38.5. The van der Waals surface area contributed by atoms with E-state index < -0.39 is 23.2 Å². The van der Waals surface area contributed by atoms with Crippen molar-refractivity contribution < 1.29 is 23.9 Å². The summed E-state index contributed by atoms with van der Waals surface area (Å²) in [5.74, 6) is -1.83. The van der Waals surface area contributed by atoms with Gasteiger partial charge in [0.1, 0.15) is 0 Å². The lowest BCUT2D eigenvalue weighted by atomic mass is 9.62. The maximum atomic E-state index is 13.0. The number of carbonyl (C=O) groups is 3. The highest BCUT2D eigenvalue weighted by Crippen LogP contribution is 2.68. The molecule has 25 heavy (non-hydrogen) atoms. The van der Waals surface area contributed by atoms with Gasteiger partial charge in [-0.3, -0.25) is 14.4 Å². The van der Waals surface area contributed by atoms with Gasteiger partial charge in [0.15, 0.2) is 5.78 Å². The van der Waals surface area contributed by atoms with Crippen molar-refractivity contribution in [2.75, 3.05) is 14.2 Å². The van der Waals surface area contributed by atoms with Gasteiger partial charge in [0.05, 0.1) is 26.1 Å². The van der Waals surface area contributed by atoms with Crippen LogP contribution in [0.1, 0.15) is 46.0 Å². The number of Topliss-reactive ketones (excluding diaryl/α,β-unsaturated/α-hetero) is 1. The van der Waals surface area contributed by atoms with Crippen molar-refractivity contribution in [3.05, 3.63) is 11.6 Å². The first-order valence-corrected chi connectivity index (χ1v) is 9.31. The lowest BCUT2D eigenvalue weighted by Crippen LogP contribution is -2.48. The van der Waals surface area contributed by atoms with E-state index >= 15 is 0 Å². The Morgan fingerprint density at radius 2 is 1.88 bits per heavy atom.